The minimum atomic E-state index is -0.286. The third-order valence-electron chi connectivity index (χ3n) is 3.05. The number of nitrogen functional groups attached to an aromatic ring is 1. The molecule has 0 aliphatic heterocycles. The minimum Gasteiger partial charge on any atom is -0.399 e. The maximum absolute atomic E-state index is 13.8. The molecule has 0 aliphatic rings. The van der Waals surface area contributed by atoms with Crippen molar-refractivity contribution in [3.63, 3.8) is 0 Å². The van der Waals surface area contributed by atoms with Gasteiger partial charge >= 0.3 is 0 Å². The van der Waals surface area contributed by atoms with Crippen molar-refractivity contribution in [1.29, 1.82) is 0 Å². The van der Waals surface area contributed by atoms with Gasteiger partial charge in [-0.3, -0.25) is 0 Å². The van der Waals surface area contributed by atoms with Gasteiger partial charge < -0.3 is 10.6 Å². The highest BCUT2D eigenvalue weighted by atomic mass is 19.1. The largest absolute Gasteiger partial charge is 0.399 e. The quantitative estimate of drug-likeness (QED) is 0.839. The highest BCUT2D eigenvalue weighted by Crippen LogP contribution is 2.22. The standard InChI is InChI=1S/C15H17FN2/c1-11-5-3-4-6-12(11)10-18(2)15-8-7-13(17)9-14(15)16/h3-9H,10,17H2,1-2H3. The van der Waals surface area contributed by atoms with Crippen molar-refractivity contribution < 1.29 is 4.39 Å². The molecule has 2 aromatic rings. The Labute approximate surface area is 107 Å². The van der Waals surface area contributed by atoms with Crippen LogP contribution < -0.4 is 10.6 Å². The lowest BCUT2D eigenvalue weighted by Gasteiger charge is -2.21. The van der Waals surface area contributed by atoms with Gasteiger partial charge in [-0.25, -0.2) is 4.39 Å². The normalized spacial score (nSPS) is 10.4. The van der Waals surface area contributed by atoms with E-state index in [0.717, 1.165) is 0 Å². The van der Waals surface area contributed by atoms with Crippen LogP contribution in [-0.2, 0) is 6.54 Å². The fourth-order valence-electron chi connectivity index (χ4n) is 1.96. The summed E-state index contributed by atoms with van der Waals surface area (Å²) in [5, 5.41) is 0. The molecule has 0 bridgehead atoms. The zero-order valence-corrected chi connectivity index (χ0v) is 10.7. The number of aryl methyl sites for hydroxylation is 1. The van der Waals surface area contributed by atoms with E-state index in [2.05, 4.69) is 19.1 Å². The van der Waals surface area contributed by atoms with Crippen LogP contribution in [0.2, 0.25) is 0 Å². The van der Waals surface area contributed by atoms with Gasteiger partial charge in [0, 0.05) is 19.3 Å². The first-order valence-electron chi connectivity index (χ1n) is 5.88. The Bertz CT molecular complexity index is 552. The Hall–Kier alpha value is -2.03. The SMILES string of the molecule is Cc1ccccc1CN(C)c1ccc(N)cc1F. The number of hydrogen-bond acceptors (Lipinski definition) is 2. The van der Waals surface area contributed by atoms with Gasteiger partial charge in [0.05, 0.1) is 5.69 Å². The zero-order valence-electron chi connectivity index (χ0n) is 10.7. The molecule has 18 heavy (non-hydrogen) atoms. The second-order valence-corrected chi connectivity index (χ2v) is 4.49. The first-order chi connectivity index (χ1) is 8.58. The molecular formula is C15H17FN2. The van der Waals surface area contributed by atoms with Gasteiger partial charge in [-0.15, -0.1) is 0 Å². The summed E-state index contributed by atoms with van der Waals surface area (Å²) in [5.74, 6) is -0.286. The Balaban J connectivity index is 2.22. The molecule has 0 aliphatic carbocycles. The van der Waals surface area contributed by atoms with Crippen LogP contribution in [0.4, 0.5) is 15.8 Å². The second kappa shape index (κ2) is 5.08. The van der Waals surface area contributed by atoms with Gasteiger partial charge in [0.2, 0.25) is 0 Å². The van der Waals surface area contributed by atoms with Crippen LogP contribution in [0.25, 0.3) is 0 Å². The number of nitrogens with two attached hydrogens (primary N) is 1. The lowest BCUT2D eigenvalue weighted by Crippen LogP contribution is -2.18. The predicted octanol–water partition coefficient (Wildman–Crippen LogP) is 3.35. The summed E-state index contributed by atoms with van der Waals surface area (Å²) >= 11 is 0. The molecule has 0 spiro atoms. The van der Waals surface area contributed by atoms with Gasteiger partial charge in [0.25, 0.3) is 0 Å². The smallest absolute Gasteiger partial charge is 0.148 e. The van der Waals surface area contributed by atoms with Gasteiger partial charge in [-0.05, 0) is 36.2 Å². The van der Waals surface area contributed by atoms with Crippen LogP contribution >= 0.6 is 0 Å². The van der Waals surface area contributed by atoms with Crippen molar-refractivity contribution in [2.75, 3.05) is 17.7 Å². The predicted molar refractivity (Wildman–Crippen MR) is 74.1 cm³/mol. The van der Waals surface area contributed by atoms with Crippen LogP contribution in [0.3, 0.4) is 0 Å². The topological polar surface area (TPSA) is 29.3 Å². The lowest BCUT2D eigenvalue weighted by molar-refractivity contribution is 0.623. The van der Waals surface area contributed by atoms with Crippen molar-refractivity contribution in [1.82, 2.24) is 0 Å². The summed E-state index contributed by atoms with van der Waals surface area (Å²) in [6.45, 7) is 2.73. The number of nitrogens with zero attached hydrogens (tertiary/aromatic N) is 1. The number of hydrogen-bond donors (Lipinski definition) is 1. The number of benzene rings is 2. The molecule has 0 unspecified atom stereocenters. The summed E-state index contributed by atoms with van der Waals surface area (Å²) in [7, 11) is 1.88. The fraction of sp³-hybridized carbons (Fsp3) is 0.200. The van der Waals surface area contributed by atoms with Crippen LogP contribution in [-0.4, -0.2) is 7.05 Å². The maximum atomic E-state index is 13.8. The van der Waals surface area contributed by atoms with Crippen molar-refractivity contribution in [3.05, 3.63) is 59.4 Å². The Morgan fingerprint density at radius 2 is 1.89 bits per heavy atom. The van der Waals surface area contributed by atoms with E-state index in [9.17, 15) is 4.39 Å². The summed E-state index contributed by atoms with van der Waals surface area (Å²) in [6.07, 6.45) is 0. The highest BCUT2D eigenvalue weighted by Gasteiger charge is 2.09. The Morgan fingerprint density at radius 3 is 2.56 bits per heavy atom. The first-order valence-corrected chi connectivity index (χ1v) is 5.88. The Morgan fingerprint density at radius 1 is 1.17 bits per heavy atom. The third kappa shape index (κ3) is 2.62. The average molecular weight is 244 g/mol. The molecule has 0 saturated carbocycles. The summed E-state index contributed by atoms with van der Waals surface area (Å²) < 4.78 is 13.8. The molecule has 0 radical (unpaired) electrons. The van der Waals surface area contributed by atoms with Gasteiger partial charge in [0.15, 0.2) is 0 Å². The third-order valence-corrected chi connectivity index (χ3v) is 3.05. The van der Waals surface area contributed by atoms with Crippen LogP contribution in [0, 0.1) is 12.7 Å². The molecule has 2 aromatic carbocycles. The Kier molecular flexibility index (Phi) is 3.51. The van der Waals surface area contributed by atoms with Gasteiger partial charge in [0.1, 0.15) is 5.82 Å². The summed E-state index contributed by atoms with van der Waals surface area (Å²) in [6, 6.07) is 12.9. The molecule has 0 saturated heterocycles. The second-order valence-electron chi connectivity index (χ2n) is 4.49. The lowest BCUT2D eigenvalue weighted by atomic mass is 10.1. The van der Waals surface area contributed by atoms with E-state index >= 15 is 0 Å². The minimum absolute atomic E-state index is 0.286. The first kappa shape index (κ1) is 12.4. The number of rotatable bonds is 3. The summed E-state index contributed by atoms with van der Waals surface area (Å²) in [5.41, 5.74) is 8.95. The zero-order chi connectivity index (χ0) is 13.1. The monoisotopic (exact) mass is 244 g/mol. The van der Waals surface area contributed by atoms with E-state index in [1.165, 1.54) is 17.2 Å². The van der Waals surface area contributed by atoms with Crippen LogP contribution in [0.1, 0.15) is 11.1 Å². The van der Waals surface area contributed by atoms with Gasteiger partial charge in [-0.1, -0.05) is 24.3 Å². The van der Waals surface area contributed by atoms with E-state index in [4.69, 9.17) is 5.73 Å². The molecule has 2 N–H and O–H groups in total. The molecule has 3 heteroatoms. The van der Waals surface area contributed by atoms with Crippen molar-refractivity contribution >= 4 is 11.4 Å². The number of halogens is 1. The molecule has 0 heterocycles. The fourth-order valence-corrected chi connectivity index (χ4v) is 1.96. The van der Waals surface area contributed by atoms with Crippen molar-refractivity contribution in [2.24, 2.45) is 0 Å². The molecule has 2 nitrogen and oxygen atoms in total. The van der Waals surface area contributed by atoms with Crippen LogP contribution in [0.5, 0.6) is 0 Å². The van der Waals surface area contributed by atoms with E-state index in [1.54, 1.807) is 12.1 Å². The maximum Gasteiger partial charge on any atom is 0.148 e. The van der Waals surface area contributed by atoms with E-state index in [1.807, 2.05) is 24.1 Å². The number of anilines is 2. The molecule has 0 atom stereocenters. The summed E-state index contributed by atoms with van der Waals surface area (Å²) in [4.78, 5) is 1.89. The molecule has 2 rings (SSSR count). The van der Waals surface area contributed by atoms with Gasteiger partial charge in [-0.2, -0.15) is 0 Å². The van der Waals surface area contributed by atoms with Crippen molar-refractivity contribution in [2.45, 2.75) is 13.5 Å². The average Bonchev–Trinajstić information content (AvgIpc) is 2.32. The van der Waals surface area contributed by atoms with Crippen molar-refractivity contribution in [3.8, 4) is 0 Å². The van der Waals surface area contributed by atoms with E-state index in [-0.39, 0.29) is 5.82 Å². The highest BCUT2D eigenvalue weighted by molar-refractivity contribution is 5.54. The molecular weight excluding hydrogens is 227 g/mol. The molecule has 0 fully saturated rings. The van der Waals surface area contributed by atoms with E-state index in [0.29, 0.717) is 17.9 Å². The van der Waals surface area contributed by atoms with Crippen LogP contribution in [0.15, 0.2) is 42.5 Å². The molecule has 0 amide bonds. The van der Waals surface area contributed by atoms with E-state index < -0.39 is 0 Å². The molecule has 94 valence electrons. The molecule has 0 aromatic heterocycles.